The van der Waals surface area contributed by atoms with Gasteiger partial charge in [0.2, 0.25) is 0 Å². The minimum Gasteiger partial charge on any atom is -0.322 e. The van der Waals surface area contributed by atoms with E-state index >= 15 is 0 Å². The third-order valence-corrected chi connectivity index (χ3v) is 8.60. The van der Waals surface area contributed by atoms with Crippen LogP contribution in [0.3, 0.4) is 0 Å². The van der Waals surface area contributed by atoms with E-state index in [1.165, 1.54) is 4.31 Å². The number of alkyl halides is 1. The van der Waals surface area contributed by atoms with Crippen LogP contribution in [0, 0.1) is 11.3 Å². The van der Waals surface area contributed by atoms with Gasteiger partial charge < -0.3 is 10.7 Å². The van der Waals surface area contributed by atoms with Crippen LogP contribution in [0.5, 0.6) is 0 Å². The van der Waals surface area contributed by atoms with E-state index in [4.69, 9.17) is 17.0 Å². The lowest BCUT2D eigenvalue weighted by Gasteiger charge is -2.33. The Morgan fingerprint density at radius 1 is 1.18 bits per heavy atom. The lowest BCUT2D eigenvalue weighted by Crippen LogP contribution is -2.51. The Hall–Kier alpha value is -2.26. The third kappa shape index (κ3) is 5.51. The summed E-state index contributed by atoms with van der Waals surface area (Å²) >= 11 is 6.56. The third-order valence-electron chi connectivity index (χ3n) is 6.55. The summed E-state index contributed by atoms with van der Waals surface area (Å²) in [7, 11) is -3.47. The van der Waals surface area contributed by atoms with E-state index in [0.717, 1.165) is 30.4 Å². The Balaban J connectivity index is 1.42. The average molecular weight is 503 g/mol. The molecule has 0 radical (unpaired) electrons. The molecule has 34 heavy (non-hydrogen) atoms. The van der Waals surface area contributed by atoms with Crippen LogP contribution in [0.25, 0.3) is 0 Å². The molecule has 1 fully saturated rings. The highest BCUT2D eigenvalue weighted by atomic mass is 35.5. The summed E-state index contributed by atoms with van der Waals surface area (Å²) in [5, 5.41) is 11.4. The van der Waals surface area contributed by atoms with Crippen molar-refractivity contribution in [2.75, 3.05) is 13.1 Å². The van der Waals surface area contributed by atoms with Gasteiger partial charge in [0, 0.05) is 30.4 Å². The first-order chi connectivity index (χ1) is 16.3. The molecule has 3 aliphatic carbocycles. The molecule has 3 atom stereocenters. The quantitative estimate of drug-likeness (QED) is 0.304. The van der Waals surface area contributed by atoms with Gasteiger partial charge >= 0.3 is 0 Å². The van der Waals surface area contributed by atoms with Crippen LogP contribution < -0.4 is 10.0 Å². The van der Waals surface area contributed by atoms with Gasteiger partial charge in [-0.2, -0.15) is 12.7 Å². The number of hydrogen-bond donors (Lipinski definition) is 3. The van der Waals surface area contributed by atoms with Crippen molar-refractivity contribution in [2.24, 2.45) is 5.92 Å². The van der Waals surface area contributed by atoms with Gasteiger partial charge in [0.05, 0.1) is 11.1 Å². The van der Waals surface area contributed by atoms with Crippen molar-refractivity contribution in [1.82, 2.24) is 14.3 Å². The van der Waals surface area contributed by atoms with Gasteiger partial charge in [-0.15, -0.1) is 11.6 Å². The van der Waals surface area contributed by atoms with Crippen LogP contribution >= 0.6 is 11.6 Å². The Morgan fingerprint density at radius 3 is 2.74 bits per heavy atom. The molecule has 1 heterocycles. The standard InChI is InChI=1S/C25H31ClN4O3S/c1-17-6-3-2-4-7-21(17)24(27)22-16-19(10-13-23(22)26)29-25(31)18-8-11-20(12-9-18)30-15-5-14-28-34(30,32)33/h2-3,7-11,16-17,20,23,27-28H,4-6,12-15H2,1H3,(H,29,31). The van der Waals surface area contributed by atoms with Gasteiger partial charge in [0.15, 0.2) is 0 Å². The van der Waals surface area contributed by atoms with Crippen LogP contribution in [0.15, 0.2) is 71.0 Å². The number of nitrogens with one attached hydrogen (secondary N) is 3. The molecule has 7 nitrogen and oxygen atoms in total. The Labute approximate surface area is 206 Å². The summed E-state index contributed by atoms with van der Waals surface area (Å²) in [5.41, 5.74) is 3.26. The molecule has 0 saturated carbocycles. The zero-order valence-corrected chi connectivity index (χ0v) is 20.8. The second kappa shape index (κ2) is 10.6. The van der Waals surface area contributed by atoms with E-state index in [1.807, 2.05) is 6.08 Å². The molecule has 9 heteroatoms. The van der Waals surface area contributed by atoms with E-state index in [9.17, 15) is 13.2 Å². The van der Waals surface area contributed by atoms with Gasteiger partial charge in [-0.05, 0) is 55.2 Å². The maximum absolute atomic E-state index is 12.9. The molecule has 0 aromatic rings. The summed E-state index contributed by atoms with van der Waals surface area (Å²) in [6.07, 6.45) is 18.7. The zero-order valence-electron chi connectivity index (χ0n) is 19.3. The zero-order chi connectivity index (χ0) is 24.3. The van der Waals surface area contributed by atoms with Crippen LogP contribution in [0.1, 0.15) is 39.0 Å². The Kier molecular flexibility index (Phi) is 7.72. The highest BCUT2D eigenvalue weighted by Gasteiger charge is 2.32. The fourth-order valence-corrected chi connectivity index (χ4v) is 6.31. The molecule has 4 rings (SSSR count). The minimum atomic E-state index is -3.47. The molecule has 0 aromatic heterocycles. The number of amides is 1. The molecule has 3 unspecified atom stereocenters. The monoisotopic (exact) mass is 502 g/mol. The van der Waals surface area contributed by atoms with Crippen LogP contribution in [-0.2, 0) is 15.0 Å². The fraction of sp³-hybridized carbons (Fsp3) is 0.440. The molecular weight excluding hydrogens is 472 g/mol. The van der Waals surface area contributed by atoms with E-state index in [-0.39, 0.29) is 23.2 Å². The molecule has 1 amide bonds. The van der Waals surface area contributed by atoms with Crippen molar-refractivity contribution in [1.29, 1.82) is 5.41 Å². The minimum absolute atomic E-state index is 0.240. The second-order valence-corrected chi connectivity index (χ2v) is 11.2. The number of carbonyl (C=O) groups excluding carboxylic acids is 1. The number of carbonyl (C=O) groups is 1. The molecule has 3 N–H and O–H groups in total. The fourth-order valence-electron chi connectivity index (χ4n) is 4.60. The lowest BCUT2D eigenvalue weighted by molar-refractivity contribution is -0.116. The number of halogens is 1. The van der Waals surface area contributed by atoms with Crippen molar-refractivity contribution < 1.29 is 13.2 Å². The number of hydrogen-bond acceptors (Lipinski definition) is 4. The molecule has 1 saturated heterocycles. The molecule has 0 spiro atoms. The van der Waals surface area contributed by atoms with Gasteiger partial charge in [-0.25, -0.2) is 4.72 Å². The topological polar surface area (TPSA) is 102 Å². The predicted octanol–water partition coefficient (Wildman–Crippen LogP) is 3.65. The van der Waals surface area contributed by atoms with E-state index in [2.05, 4.69) is 35.2 Å². The van der Waals surface area contributed by atoms with Gasteiger partial charge in [-0.1, -0.05) is 49.5 Å². The smallest absolute Gasteiger partial charge is 0.279 e. The molecule has 1 aliphatic heterocycles. The Bertz CT molecular complexity index is 1150. The molecule has 0 bridgehead atoms. The van der Waals surface area contributed by atoms with Gasteiger partial charge in [0.25, 0.3) is 16.1 Å². The van der Waals surface area contributed by atoms with Crippen molar-refractivity contribution in [3.63, 3.8) is 0 Å². The van der Waals surface area contributed by atoms with Gasteiger partial charge in [-0.3, -0.25) is 4.79 Å². The second-order valence-electron chi connectivity index (χ2n) is 8.98. The van der Waals surface area contributed by atoms with Crippen LogP contribution in [0.2, 0.25) is 0 Å². The number of rotatable bonds is 5. The molecule has 4 aliphatic rings. The largest absolute Gasteiger partial charge is 0.322 e. The van der Waals surface area contributed by atoms with Crippen molar-refractivity contribution in [3.05, 3.63) is 71.0 Å². The summed E-state index contributed by atoms with van der Waals surface area (Å²) in [6.45, 7) is 3.04. The van der Waals surface area contributed by atoms with E-state index in [0.29, 0.717) is 42.9 Å². The van der Waals surface area contributed by atoms with Crippen LogP contribution in [0.4, 0.5) is 0 Å². The van der Waals surface area contributed by atoms with Crippen LogP contribution in [-0.4, -0.2) is 48.9 Å². The summed E-state index contributed by atoms with van der Waals surface area (Å²) < 4.78 is 28.5. The average Bonchev–Trinajstić information content (AvgIpc) is 3.04. The highest BCUT2D eigenvalue weighted by molar-refractivity contribution is 7.87. The highest BCUT2D eigenvalue weighted by Crippen LogP contribution is 2.30. The number of allylic oxidation sites excluding steroid dienone is 7. The first-order valence-corrected chi connectivity index (χ1v) is 13.6. The first kappa shape index (κ1) is 24.9. The molecule has 0 aromatic carbocycles. The maximum atomic E-state index is 12.9. The Morgan fingerprint density at radius 2 is 2.00 bits per heavy atom. The van der Waals surface area contributed by atoms with Crippen molar-refractivity contribution in [2.45, 2.75) is 50.4 Å². The summed E-state index contributed by atoms with van der Waals surface area (Å²) in [5.74, 6) is -0.0219. The summed E-state index contributed by atoms with van der Waals surface area (Å²) in [6, 6.07) is -0.295. The molecular formula is C25H31ClN4O3S. The number of nitrogens with zero attached hydrogens (tertiary/aromatic N) is 1. The van der Waals surface area contributed by atoms with Gasteiger partial charge in [0.1, 0.15) is 0 Å². The lowest BCUT2D eigenvalue weighted by atomic mass is 9.87. The summed E-state index contributed by atoms with van der Waals surface area (Å²) in [4.78, 5) is 12.9. The van der Waals surface area contributed by atoms with E-state index < -0.39 is 10.2 Å². The maximum Gasteiger partial charge on any atom is 0.279 e. The van der Waals surface area contributed by atoms with E-state index in [1.54, 1.807) is 24.3 Å². The molecule has 182 valence electrons. The normalized spacial score (nSPS) is 29.3. The van der Waals surface area contributed by atoms with Crippen molar-refractivity contribution >= 4 is 33.4 Å². The predicted molar refractivity (Wildman–Crippen MR) is 136 cm³/mol. The first-order valence-electron chi connectivity index (χ1n) is 11.7. The van der Waals surface area contributed by atoms with Crippen molar-refractivity contribution in [3.8, 4) is 0 Å². The SMILES string of the molecule is CC1CC=CCC=C1C(=N)C1=CC(NC(=O)C2=CCC(N3CCCNS3(=O)=O)C=C2)=CCC1Cl.